The highest BCUT2D eigenvalue weighted by molar-refractivity contribution is 7.16. The summed E-state index contributed by atoms with van der Waals surface area (Å²) in [6.07, 6.45) is 8.41. The Hall–Kier alpha value is -3.09. The number of fused-ring (bicyclic) bond motifs is 1. The van der Waals surface area contributed by atoms with Gasteiger partial charge in [-0.1, -0.05) is 0 Å². The van der Waals surface area contributed by atoms with Gasteiger partial charge in [-0.3, -0.25) is 4.79 Å². The average molecular weight is 470 g/mol. The number of hydrogen-bond acceptors (Lipinski definition) is 7. The Morgan fingerprint density at radius 1 is 1.39 bits per heavy atom. The van der Waals surface area contributed by atoms with E-state index in [-0.39, 0.29) is 24.0 Å². The van der Waals surface area contributed by atoms with E-state index < -0.39 is 0 Å². The summed E-state index contributed by atoms with van der Waals surface area (Å²) in [5.41, 5.74) is 1.53. The number of anilines is 1. The van der Waals surface area contributed by atoms with E-state index >= 15 is 0 Å². The summed E-state index contributed by atoms with van der Waals surface area (Å²) in [5.74, 6) is 0.455. The van der Waals surface area contributed by atoms with Crippen molar-refractivity contribution in [3.8, 4) is 6.07 Å². The van der Waals surface area contributed by atoms with Crippen LogP contribution in [0.25, 0.3) is 6.08 Å². The maximum absolute atomic E-state index is 12.5. The first-order valence-corrected chi connectivity index (χ1v) is 11.9. The first-order valence-electron chi connectivity index (χ1n) is 11.1. The topological polar surface area (TPSA) is 105 Å². The molecular weight excluding hydrogens is 442 g/mol. The highest BCUT2D eigenvalue weighted by Gasteiger charge is 2.31. The first kappa shape index (κ1) is 23.1. The molecule has 1 aliphatic heterocycles. The molecular formula is C24H27N3O5S. The van der Waals surface area contributed by atoms with Crippen molar-refractivity contribution in [2.24, 2.45) is 5.92 Å². The molecule has 1 saturated heterocycles. The number of amides is 2. The lowest BCUT2D eigenvalue weighted by molar-refractivity contribution is -0.111. The minimum Gasteiger partial charge on any atom is -0.465 e. The van der Waals surface area contributed by atoms with Gasteiger partial charge in [0.25, 0.3) is 0 Å². The number of nitrogens with one attached hydrogen (secondary N) is 1. The molecule has 8 nitrogen and oxygen atoms in total. The fourth-order valence-corrected chi connectivity index (χ4v) is 5.73. The Morgan fingerprint density at radius 3 is 3.03 bits per heavy atom. The molecule has 1 aliphatic carbocycles. The van der Waals surface area contributed by atoms with Gasteiger partial charge in [0, 0.05) is 24.6 Å². The maximum atomic E-state index is 12.5. The third-order valence-corrected chi connectivity index (χ3v) is 7.24. The minimum atomic E-state index is -0.316. The first-order chi connectivity index (χ1) is 16.1. The smallest absolute Gasteiger partial charge is 0.410 e. The van der Waals surface area contributed by atoms with Crippen molar-refractivity contribution in [1.82, 2.24) is 4.90 Å². The van der Waals surface area contributed by atoms with Crippen molar-refractivity contribution < 1.29 is 23.5 Å². The second-order valence-electron chi connectivity index (χ2n) is 8.29. The monoisotopic (exact) mass is 469 g/mol. The number of carbonyl (C=O) groups excluding carboxylic acids is 2. The Kier molecular flexibility index (Phi) is 7.47. The normalized spacial score (nSPS) is 19.9. The molecule has 0 aromatic carbocycles. The van der Waals surface area contributed by atoms with Gasteiger partial charge in [0.2, 0.25) is 5.91 Å². The molecule has 2 unspecified atom stereocenters. The summed E-state index contributed by atoms with van der Waals surface area (Å²) in [5, 5.41) is 13.1. The molecule has 1 N–H and O–H groups in total. The zero-order valence-electron chi connectivity index (χ0n) is 18.5. The number of nitrogens with zero attached hydrogens (tertiary/aromatic N) is 2. The standard InChI is InChI=1S/C24H27N3O5S/c1-30-15-17-4-2-10-27(17)24(29)32-14-16-6-8-19-20(13-25)23(33-21(19)12-16)26-22(28)9-7-18-5-3-11-31-18/h3,5,7,9,11,16-17H,2,4,6,8,10,12,14-15H2,1H3,(H,26,28). The molecule has 33 heavy (non-hydrogen) atoms. The van der Waals surface area contributed by atoms with Crippen LogP contribution in [0.15, 0.2) is 28.9 Å². The zero-order valence-corrected chi connectivity index (χ0v) is 19.4. The summed E-state index contributed by atoms with van der Waals surface area (Å²) in [6.45, 7) is 1.58. The SMILES string of the molecule is COCC1CCCN1C(=O)OCC1CCc2c(sc(NC(=O)C=Cc3ccco3)c2C#N)C1. The zero-order chi connectivity index (χ0) is 23.2. The van der Waals surface area contributed by atoms with Crippen molar-refractivity contribution >= 4 is 34.4 Å². The van der Waals surface area contributed by atoms with E-state index in [1.54, 1.807) is 30.2 Å². The van der Waals surface area contributed by atoms with Crippen LogP contribution in [0.1, 0.15) is 41.0 Å². The second kappa shape index (κ2) is 10.7. The van der Waals surface area contributed by atoms with Crippen LogP contribution in [0, 0.1) is 17.2 Å². The number of furan rings is 1. The average Bonchev–Trinajstić information content (AvgIpc) is 3.56. The third-order valence-electron chi connectivity index (χ3n) is 6.07. The fourth-order valence-electron chi connectivity index (χ4n) is 4.41. The lowest BCUT2D eigenvalue weighted by Crippen LogP contribution is -2.39. The van der Waals surface area contributed by atoms with Crippen molar-refractivity contribution in [2.75, 3.05) is 32.2 Å². The Balaban J connectivity index is 1.35. The summed E-state index contributed by atoms with van der Waals surface area (Å²) in [6, 6.07) is 5.83. The number of nitriles is 1. The summed E-state index contributed by atoms with van der Waals surface area (Å²) < 4.78 is 16.0. The third kappa shape index (κ3) is 5.46. The van der Waals surface area contributed by atoms with Gasteiger partial charge in [-0.2, -0.15) is 5.26 Å². The van der Waals surface area contributed by atoms with Crippen LogP contribution in [0.4, 0.5) is 9.80 Å². The minimum absolute atomic E-state index is 0.0870. The van der Waals surface area contributed by atoms with E-state index in [1.165, 1.54) is 23.7 Å². The van der Waals surface area contributed by atoms with Crippen molar-refractivity contribution in [3.05, 3.63) is 46.2 Å². The van der Waals surface area contributed by atoms with Gasteiger partial charge in [0.05, 0.1) is 31.1 Å². The lowest BCUT2D eigenvalue weighted by Gasteiger charge is -2.26. The molecule has 4 rings (SSSR count). The van der Waals surface area contributed by atoms with Crippen molar-refractivity contribution in [1.29, 1.82) is 5.26 Å². The van der Waals surface area contributed by atoms with Crippen LogP contribution in [0.5, 0.6) is 0 Å². The summed E-state index contributed by atoms with van der Waals surface area (Å²) in [7, 11) is 1.64. The molecule has 1 fully saturated rings. The van der Waals surface area contributed by atoms with Gasteiger partial charge in [-0.05, 0) is 61.8 Å². The number of carbonyl (C=O) groups is 2. The Bertz CT molecular complexity index is 1050. The number of methoxy groups -OCH3 is 1. The summed E-state index contributed by atoms with van der Waals surface area (Å²) in [4.78, 5) is 27.7. The van der Waals surface area contributed by atoms with E-state index in [0.29, 0.717) is 36.1 Å². The van der Waals surface area contributed by atoms with E-state index in [0.717, 1.165) is 42.5 Å². The molecule has 0 radical (unpaired) electrons. The van der Waals surface area contributed by atoms with Crippen LogP contribution >= 0.6 is 11.3 Å². The number of thiophene rings is 1. The molecule has 2 amide bonds. The van der Waals surface area contributed by atoms with Crippen molar-refractivity contribution in [2.45, 2.75) is 38.1 Å². The summed E-state index contributed by atoms with van der Waals surface area (Å²) >= 11 is 1.43. The molecule has 3 heterocycles. The van der Waals surface area contributed by atoms with Gasteiger partial charge in [0.1, 0.15) is 16.8 Å². The molecule has 0 saturated carbocycles. The van der Waals surface area contributed by atoms with E-state index in [4.69, 9.17) is 13.9 Å². The number of likely N-dealkylation sites (tertiary alicyclic amines) is 1. The van der Waals surface area contributed by atoms with Crippen LogP contribution in [0.2, 0.25) is 0 Å². The number of rotatable bonds is 7. The fraction of sp³-hybridized carbons (Fsp3) is 0.458. The highest BCUT2D eigenvalue weighted by atomic mass is 32.1. The molecule has 0 spiro atoms. The molecule has 9 heteroatoms. The quantitative estimate of drug-likeness (QED) is 0.609. The van der Waals surface area contributed by atoms with Gasteiger partial charge in [-0.25, -0.2) is 4.79 Å². The van der Waals surface area contributed by atoms with E-state index in [2.05, 4.69) is 11.4 Å². The molecule has 0 bridgehead atoms. The molecule has 2 atom stereocenters. The number of ether oxygens (including phenoxy) is 2. The predicted octanol–water partition coefficient (Wildman–Crippen LogP) is 4.22. The van der Waals surface area contributed by atoms with Crippen LogP contribution < -0.4 is 5.32 Å². The molecule has 2 aliphatic rings. The molecule has 2 aromatic rings. The Morgan fingerprint density at radius 2 is 2.27 bits per heavy atom. The van der Waals surface area contributed by atoms with Crippen molar-refractivity contribution in [3.63, 3.8) is 0 Å². The Labute approximate surface area is 196 Å². The van der Waals surface area contributed by atoms with Crippen LogP contribution in [-0.4, -0.2) is 49.8 Å². The van der Waals surface area contributed by atoms with E-state index in [9.17, 15) is 14.9 Å². The number of hydrogen-bond donors (Lipinski definition) is 1. The lowest BCUT2D eigenvalue weighted by atomic mass is 9.88. The maximum Gasteiger partial charge on any atom is 0.410 e. The van der Waals surface area contributed by atoms with E-state index in [1.807, 2.05) is 0 Å². The second-order valence-corrected chi connectivity index (χ2v) is 9.39. The molecule has 2 aromatic heterocycles. The van der Waals surface area contributed by atoms with Crippen LogP contribution in [0.3, 0.4) is 0 Å². The predicted molar refractivity (Wildman–Crippen MR) is 124 cm³/mol. The highest BCUT2D eigenvalue weighted by Crippen LogP contribution is 2.39. The van der Waals surface area contributed by atoms with Gasteiger partial charge in [0.15, 0.2) is 0 Å². The largest absolute Gasteiger partial charge is 0.465 e. The molecule has 174 valence electrons. The van der Waals surface area contributed by atoms with Crippen LogP contribution in [-0.2, 0) is 27.1 Å². The van der Waals surface area contributed by atoms with Gasteiger partial charge >= 0.3 is 6.09 Å². The van der Waals surface area contributed by atoms with Gasteiger partial charge in [-0.15, -0.1) is 11.3 Å². The van der Waals surface area contributed by atoms with Gasteiger partial charge < -0.3 is 24.1 Å².